The van der Waals surface area contributed by atoms with Crippen LogP contribution in [-0.4, -0.2) is 19.5 Å². The number of ketones is 1. The van der Waals surface area contributed by atoms with Crippen molar-refractivity contribution in [2.45, 2.75) is 13.3 Å². The van der Waals surface area contributed by atoms with Gasteiger partial charge in [-0.05, 0) is 24.1 Å². The van der Waals surface area contributed by atoms with Crippen molar-refractivity contribution in [2.24, 2.45) is 5.92 Å². The molecule has 0 amide bonds. The number of methoxy groups -OCH3 is 1. The van der Waals surface area contributed by atoms with Gasteiger partial charge in [-0.1, -0.05) is 6.92 Å². The first-order valence-corrected chi connectivity index (χ1v) is 4.80. The van der Waals surface area contributed by atoms with Gasteiger partial charge in [-0.25, -0.2) is 0 Å². The number of ether oxygens (including phenoxy) is 1. The molecule has 3 nitrogen and oxygen atoms in total. The third kappa shape index (κ3) is 2.59. The second kappa shape index (κ2) is 5.17. The molecule has 78 valence electrons. The van der Waals surface area contributed by atoms with Crippen molar-refractivity contribution >= 4 is 17.4 Å². The van der Waals surface area contributed by atoms with E-state index in [1.54, 1.807) is 13.2 Å². The second-order valence-electron chi connectivity index (χ2n) is 3.15. The molecular formula is C10H13ClO3. The lowest BCUT2D eigenvalue weighted by Gasteiger charge is -2.07. The second-order valence-corrected chi connectivity index (χ2v) is 3.50. The molecule has 0 aromatic carbocycles. The Balaban J connectivity index is 2.61. The molecule has 14 heavy (non-hydrogen) atoms. The van der Waals surface area contributed by atoms with E-state index in [0.717, 1.165) is 0 Å². The summed E-state index contributed by atoms with van der Waals surface area (Å²) in [6, 6.07) is 1.59. The van der Waals surface area contributed by atoms with Gasteiger partial charge in [0.1, 0.15) is 0 Å². The molecule has 0 spiro atoms. The van der Waals surface area contributed by atoms with Gasteiger partial charge in [-0.15, -0.1) is 0 Å². The van der Waals surface area contributed by atoms with Gasteiger partial charge in [0.05, 0.1) is 11.8 Å². The first-order chi connectivity index (χ1) is 6.66. The van der Waals surface area contributed by atoms with Gasteiger partial charge in [0.2, 0.25) is 5.22 Å². The number of carbonyl (C=O) groups is 1. The van der Waals surface area contributed by atoms with E-state index in [1.807, 2.05) is 6.92 Å². The van der Waals surface area contributed by atoms with E-state index >= 15 is 0 Å². The summed E-state index contributed by atoms with van der Waals surface area (Å²) in [4.78, 5) is 11.7. The van der Waals surface area contributed by atoms with E-state index in [-0.39, 0.29) is 16.9 Å². The number of carbonyl (C=O) groups excluding carboxylic acids is 1. The van der Waals surface area contributed by atoms with Gasteiger partial charge in [0.15, 0.2) is 5.78 Å². The normalized spacial score (nSPS) is 12.8. The highest BCUT2D eigenvalue weighted by atomic mass is 35.5. The summed E-state index contributed by atoms with van der Waals surface area (Å²) in [5.41, 5.74) is 0.454. The maximum Gasteiger partial charge on any atom is 0.203 e. The molecule has 0 aliphatic carbocycles. The maximum absolute atomic E-state index is 11.7. The molecule has 1 unspecified atom stereocenters. The first-order valence-electron chi connectivity index (χ1n) is 4.43. The van der Waals surface area contributed by atoms with Crippen molar-refractivity contribution in [3.8, 4) is 0 Å². The first kappa shape index (κ1) is 11.3. The number of hydrogen-bond acceptors (Lipinski definition) is 3. The predicted molar refractivity (Wildman–Crippen MR) is 53.7 cm³/mol. The summed E-state index contributed by atoms with van der Waals surface area (Å²) >= 11 is 5.69. The van der Waals surface area contributed by atoms with Crippen molar-refractivity contribution in [1.82, 2.24) is 0 Å². The SMILES string of the molecule is COCCC(C)C(=O)c1ccoc1Cl. The largest absolute Gasteiger partial charge is 0.452 e. The fourth-order valence-electron chi connectivity index (χ4n) is 1.16. The van der Waals surface area contributed by atoms with Crippen molar-refractivity contribution in [2.75, 3.05) is 13.7 Å². The summed E-state index contributed by atoms with van der Waals surface area (Å²) in [5.74, 6) is -0.0918. The zero-order valence-electron chi connectivity index (χ0n) is 8.25. The highest BCUT2D eigenvalue weighted by Crippen LogP contribution is 2.21. The van der Waals surface area contributed by atoms with Crippen molar-refractivity contribution in [1.29, 1.82) is 0 Å². The highest BCUT2D eigenvalue weighted by Gasteiger charge is 2.19. The van der Waals surface area contributed by atoms with Gasteiger partial charge in [0, 0.05) is 19.6 Å². The van der Waals surface area contributed by atoms with Crippen molar-refractivity contribution in [3.05, 3.63) is 23.1 Å². The Morgan fingerprint density at radius 2 is 2.43 bits per heavy atom. The molecule has 0 bridgehead atoms. The molecule has 0 N–H and O–H groups in total. The summed E-state index contributed by atoms with van der Waals surface area (Å²) in [6.45, 7) is 2.42. The molecule has 1 rings (SSSR count). The molecule has 1 aromatic heterocycles. The summed E-state index contributed by atoms with van der Waals surface area (Å²) in [6.07, 6.45) is 2.11. The fraction of sp³-hybridized carbons (Fsp3) is 0.500. The number of hydrogen-bond donors (Lipinski definition) is 0. The average molecular weight is 217 g/mol. The van der Waals surface area contributed by atoms with Gasteiger partial charge in [-0.2, -0.15) is 0 Å². The Morgan fingerprint density at radius 1 is 1.71 bits per heavy atom. The zero-order valence-corrected chi connectivity index (χ0v) is 9.00. The van der Waals surface area contributed by atoms with E-state index in [0.29, 0.717) is 18.6 Å². The van der Waals surface area contributed by atoms with Crippen LogP contribution in [0.4, 0.5) is 0 Å². The van der Waals surface area contributed by atoms with E-state index in [9.17, 15) is 4.79 Å². The van der Waals surface area contributed by atoms with Crippen LogP contribution in [0.15, 0.2) is 16.7 Å². The van der Waals surface area contributed by atoms with Crippen LogP contribution in [0.1, 0.15) is 23.7 Å². The van der Waals surface area contributed by atoms with E-state index in [2.05, 4.69) is 0 Å². The summed E-state index contributed by atoms with van der Waals surface area (Å²) in [5, 5.41) is 0.166. The van der Waals surface area contributed by atoms with Crippen LogP contribution in [0.2, 0.25) is 5.22 Å². The molecule has 1 aromatic rings. The van der Waals surface area contributed by atoms with E-state index < -0.39 is 0 Å². The van der Waals surface area contributed by atoms with Crippen LogP contribution in [0.25, 0.3) is 0 Å². The van der Waals surface area contributed by atoms with Crippen molar-refractivity contribution in [3.63, 3.8) is 0 Å². The Hall–Kier alpha value is -0.800. The number of Topliss-reactive ketones (excluding diaryl/α,β-unsaturated/α-hetero) is 1. The summed E-state index contributed by atoms with van der Waals surface area (Å²) < 4.78 is 9.76. The lowest BCUT2D eigenvalue weighted by Crippen LogP contribution is -2.13. The van der Waals surface area contributed by atoms with Gasteiger partial charge in [-0.3, -0.25) is 4.79 Å². The standard InChI is InChI=1S/C10H13ClO3/c1-7(3-5-13-2)9(12)8-4-6-14-10(8)11/h4,6-7H,3,5H2,1-2H3. The van der Waals surface area contributed by atoms with Gasteiger partial charge >= 0.3 is 0 Å². The number of halogens is 1. The molecule has 1 heterocycles. The van der Waals surface area contributed by atoms with Gasteiger partial charge in [0.25, 0.3) is 0 Å². The molecule has 0 fully saturated rings. The van der Waals surface area contributed by atoms with Gasteiger partial charge < -0.3 is 9.15 Å². The lowest BCUT2D eigenvalue weighted by molar-refractivity contribution is 0.0893. The Labute approximate surface area is 88.0 Å². The smallest absolute Gasteiger partial charge is 0.203 e. The molecule has 0 saturated heterocycles. The minimum atomic E-state index is -0.0925. The third-order valence-corrected chi connectivity index (χ3v) is 2.38. The number of furan rings is 1. The minimum absolute atomic E-state index is 0.000741. The predicted octanol–water partition coefficient (Wildman–Crippen LogP) is 2.79. The van der Waals surface area contributed by atoms with E-state index in [4.69, 9.17) is 20.8 Å². The molecule has 1 atom stereocenters. The third-order valence-electron chi connectivity index (χ3n) is 2.09. The zero-order chi connectivity index (χ0) is 10.6. The van der Waals surface area contributed by atoms with Crippen LogP contribution < -0.4 is 0 Å². The lowest BCUT2D eigenvalue weighted by atomic mass is 9.99. The Morgan fingerprint density at radius 3 is 2.93 bits per heavy atom. The van der Waals surface area contributed by atoms with Crippen LogP contribution in [-0.2, 0) is 4.74 Å². The average Bonchev–Trinajstić information content (AvgIpc) is 2.59. The van der Waals surface area contributed by atoms with Crippen molar-refractivity contribution < 1.29 is 13.9 Å². The van der Waals surface area contributed by atoms with Crippen LogP contribution in [0.3, 0.4) is 0 Å². The maximum atomic E-state index is 11.7. The molecular weight excluding hydrogens is 204 g/mol. The number of rotatable bonds is 5. The quantitative estimate of drug-likeness (QED) is 0.711. The monoisotopic (exact) mass is 216 g/mol. The summed E-state index contributed by atoms with van der Waals surface area (Å²) in [7, 11) is 1.61. The van der Waals surface area contributed by atoms with Crippen LogP contribution in [0, 0.1) is 5.92 Å². The Bertz CT molecular complexity index is 306. The molecule has 0 aliphatic rings. The molecule has 0 aliphatic heterocycles. The molecule has 4 heteroatoms. The molecule has 0 saturated carbocycles. The fourth-order valence-corrected chi connectivity index (χ4v) is 1.37. The molecule has 0 radical (unpaired) electrons. The Kier molecular flexibility index (Phi) is 4.17. The topological polar surface area (TPSA) is 39.4 Å². The van der Waals surface area contributed by atoms with Crippen LogP contribution in [0.5, 0.6) is 0 Å². The highest BCUT2D eigenvalue weighted by molar-refractivity contribution is 6.32. The minimum Gasteiger partial charge on any atom is -0.452 e. The van der Waals surface area contributed by atoms with E-state index in [1.165, 1.54) is 6.26 Å². The van der Waals surface area contributed by atoms with Crippen LogP contribution >= 0.6 is 11.6 Å².